The van der Waals surface area contributed by atoms with Crippen LogP contribution in [-0.2, 0) is 6.42 Å². The standard InChI is InChI=1S/C13H20N2O/c16-10-3-1-2-8-14-12-7-6-11-5-4-9-15-13(11)12/h4-5,9,12,14,16H,1-3,6-8,10H2. The molecule has 0 bridgehead atoms. The molecule has 3 heteroatoms. The summed E-state index contributed by atoms with van der Waals surface area (Å²) in [6.45, 7) is 1.34. The molecule has 1 aromatic rings. The number of aryl methyl sites for hydroxylation is 1. The fraction of sp³-hybridized carbons (Fsp3) is 0.615. The van der Waals surface area contributed by atoms with Crippen molar-refractivity contribution in [2.24, 2.45) is 0 Å². The van der Waals surface area contributed by atoms with Gasteiger partial charge < -0.3 is 10.4 Å². The van der Waals surface area contributed by atoms with Crippen LogP contribution < -0.4 is 5.32 Å². The van der Waals surface area contributed by atoms with Crippen LogP contribution in [0.1, 0.15) is 43.0 Å². The molecule has 0 aliphatic heterocycles. The lowest BCUT2D eigenvalue weighted by Gasteiger charge is -2.12. The van der Waals surface area contributed by atoms with Crippen molar-refractivity contribution in [3.05, 3.63) is 29.6 Å². The summed E-state index contributed by atoms with van der Waals surface area (Å²) in [6, 6.07) is 4.64. The first-order valence-electron chi connectivity index (χ1n) is 6.20. The topological polar surface area (TPSA) is 45.1 Å². The van der Waals surface area contributed by atoms with Crippen molar-refractivity contribution < 1.29 is 5.11 Å². The number of pyridine rings is 1. The predicted octanol–water partition coefficient (Wildman–Crippen LogP) is 1.82. The molecule has 1 heterocycles. The average molecular weight is 220 g/mol. The summed E-state index contributed by atoms with van der Waals surface area (Å²) >= 11 is 0. The number of aromatic nitrogens is 1. The van der Waals surface area contributed by atoms with Crippen LogP contribution in [0, 0.1) is 0 Å². The Bertz CT molecular complexity index is 327. The third-order valence-corrected chi connectivity index (χ3v) is 3.18. The van der Waals surface area contributed by atoms with E-state index in [1.807, 2.05) is 12.3 Å². The Balaban J connectivity index is 1.76. The van der Waals surface area contributed by atoms with E-state index in [0.717, 1.165) is 32.2 Å². The van der Waals surface area contributed by atoms with Crippen molar-refractivity contribution in [3.63, 3.8) is 0 Å². The fourth-order valence-corrected chi connectivity index (χ4v) is 2.30. The molecule has 0 fully saturated rings. The molecule has 16 heavy (non-hydrogen) atoms. The number of rotatable bonds is 6. The van der Waals surface area contributed by atoms with E-state index in [4.69, 9.17) is 5.11 Å². The van der Waals surface area contributed by atoms with Crippen molar-refractivity contribution in [2.75, 3.05) is 13.2 Å². The highest BCUT2D eigenvalue weighted by atomic mass is 16.2. The normalized spacial score (nSPS) is 18.7. The van der Waals surface area contributed by atoms with E-state index >= 15 is 0 Å². The lowest BCUT2D eigenvalue weighted by molar-refractivity contribution is 0.282. The maximum absolute atomic E-state index is 8.68. The molecule has 0 amide bonds. The molecule has 2 N–H and O–H groups in total. The highest BCUT2D eigenvalue weighted by Gasteiger charge is 2.22. The van der Waals surface area contributed by atoms with E-state index in [1.54, 1.807) is 0 Å². The monoisotopic (exact) mass is 220 g/mol. The minimum absolute atomic E-state index is 0.313. The van der Waals surface area contributed by atoms with E-state index in [1.165, 1.54) is 17.7 Å². The van der Waals surface area contributed by atoms with Gasteiger partial charge in [-0.25, -0.2) is 0 Å². The summed E-state index contributed by atoms with van der Waals surface area (Å²) in [5.41, 5.74) is 2.64. The molecule has 1 aliphatic carbocycles. The predicted molar refractivity (Wildman–Crippen MR) is 64.2 cm³/mol. The Morgan fingerprint density at radius 1 is 1.38 bits per heavy atom. The van der Waals surface area contributed by atoms with Gasteiger partial charge >= 0.3 is 0 Å². The van der Waals surface area contributed by atoms with Gasteiger partial charge in [-0.05, 0) is 50.3 Å². The van der Waals surface area contributed by atoms with Crippen molar-refractivity contribution in [3.8, 4) is 0 Å². The number of hydrogen-bond acceptors (Lipinski definition) is 3. The first kappa shape index (κ1) is 11.6. The number of aliphatic hydroxyl groups is 1. The van der Waals surface area contributed by atoms with Gasteiger partial charge in [0.05, 0.1) is 11.7 Å². The summed E-state index contributed by atoms with van der Waals surface area (Å²) in [5.74, 6) is 0. The molecule has 3 nitrogen and oxygen atoms in total. The van der Waals surface area contributed by atoms with Crippen LogP contribution in [0.15, 0.2) is 18.3 Å². The van der Waals surface area contributed by atoms with E-state index in [0.29, 0.717) is 12.6 Å². The van der Waals surface area contributed by atoms with Crippen LogP contribution in [0.2, 0.25) is 0 Å². The summed E-state index contributed by atoms with van der Waals surface area (Å²) in [4.78, 5) is 4.45. The van der Waals surface area contributed by atoms with Gasteiger partial charge in [0, 0.05) is 12.8 Å². The zero-order valence-electron chi connectivity index (χ0n) is 9.65. The second-order valence-corrected chi connectivity index (χ2v) is 4.38. The molecule has 0 spiro atoms. The van der Waals surface area contributed by atoms with E-state index in [-0.39, 0.29) is 0 Å². The summed E-state index contributed by atoms with van der Waals surface area (Å²) < 4.78 is 0. The van der Waals surface area contributed by atoms with E-state index in [2.05, 4.69) is 16.4 Å². The third-order valence-electron chi connectivity index (χ3n) is 3.18. The first-order valence-corrected chi connectivity index (χ1v) is 6.20. The van der Waals surface area contributed by atoms with Gasteiger partial charge in [0.15, 0.2) is 0 Å². The van der Waals surface area contributed by atoms with Crippen LogP contribution in [0.4, 0.5) is 0 Å². The van der Waals surface area contributed by atoms with Gasteiger partial charge in [0.25, 0.3) is 0 Å². The van der Waals surface area contributed by atoms with Crippen molar-refractivity contribution in [1.29, 1.82) is 0 Å². The molecule has 88 valence electrons. The van der Waals surface area contributed by atoms with Crippen molar-refractivity contribution >= 4 is 0 Å². The molecule has 0 saturated carbocycles. The number of nitrogens with one attached hydrogen (secondary N) is 1. The molecule has 1 atom stereocenters. The Morgan fingerprint density at radius 3 is 3.19 bits per heavy atom. The van der Waals surface area contributed by atoms with Crippen LogP contribution in [0.5, 0.6) is 0 Å². The lowest BCUT2D eigenvalue weighted by atomic mass is 10.2. The fourth-order valence-electron chi connectivity index (χ4n) is 2.30. The van der Waals surface area contributed by atoms with Gasteiger partial charge in [-0.2, -0.15) is 0 Å². The van der Waals surface area contributed by atoms with E-state index < -0.39 is 0 Å². The van der Waals surface area contributed by atoms with Gasteiger partial charge in [-0.3, -0.25) is 4.98 Å². The van der Waals surface area contributed by atoms with Crippen molar-refractivity contribution in [1.82, 2.24) is 10.3 Å². The summed E-state index contributed by atoms with van der Waals surface area (Å²) in [6.07, 6.45) is 7.36. The SMILES string of the molecule is OCCCCCNC1CCc2cccnc21. The number of nitrogens with zero attached hydrogens (tertiary/aromatic N) is 1. The average Bonchev–Trinajstić information content (AvgIpc) is 2.73. The van der Waals surface area contributed by atoms with Gasteiger partial charge in [-0.1, -0.05) is 6.07 Å². The first-order chi connectivity index (χ1) is 7.92. The van der Waals surface area contributed by atoms with E-state index in [9.17, 15) is 0 Å². The van der Waals surface area contributed by atoms with Crippen LogP contribution in [-0.4, -0.2) is 23.2 Å². The largest absolute Gasteiger partial charge is 0.396 e. The zero-order valence-corrected chi connectivity index (χ0v) is 9.65. The van der Waals surface area contributed by atoms with Crippen LogP contribution >= 0.6 is 0 Å². The minimum atomic E-state index is 0.313. The van der Waals surface area contributed by atoms with Crippen LogP contribution in [0.3, 0.4) is 0 Å². The molecular formula is C13H20N2O. The molecular weight excluding hydrogens is 200 g/mol. The molecule has 2 rings (SSSR count). The molecule has 0 radical (unpaired) electrons. The molecule has 1 unspecified atom stereocenters. The van der Waals surface area contributed by atoms with Crippen molar-refractivity contribution in [2.45, 2.75) is 38.1 Å². The maximum Gasteiger partial charge on any atom is 0.0605 e. The van der Waals surface area contributed by atoms with Gasteiger partial charge in [0.2, 0.25) is 0 Å². The number of hydrogen-bond donors (Lipinski definition) is 2. The Hall–Kier alpha value is -0.930. The van der Waals surface area contributed by atoms with Crippen LogP contribution in [0.25, 0.3) is 0 Å². The second kappa shape index (κ2) is 5.97. The summed E-state index contributed by atoms with van der Waals surface area (Å²) in [7, 11) is 0. The molecule has 1 aromatic heterocycles. The Kier molecular flexibility index (Phi) is 4.31. The van der Waals surface area contributed by atoms with Gasteiger partial charge in [0.1, 0.15) is 0 Å². The summed E-state index contributed by atoms with van der Waals surface area (Å²) in [5, 5.41) is 12.2. The Morgan fingerprint density at radius 2 is 2.31 bits per heavy atom. The molecule has 0 saturated heterocycles. The quantitative estimate of drug-likeness (QED) is 0.719. The lowest BCUT2D eigenvalue weighted by Crippen LogP contribution is -2.21. The molecule has 0 aromatic carbocycles. The molecule has 1 aliphatic rings. The third kappa shape index (κ3) is 2.80. The maximum atomic E-state index is 8.68. The number of unbranched alkanes of at least 4 members (excludes halogenated alkanes) is 2. The number of fused-ring (bicyclic) bond motifs is 1. The Labute approximate surface area is 96.9 Å². The second-order valence-electron chi connectivity index (χ2n) is 4.38. The highest BCUT2D eigenvalue weighted by molar-refractivity contribution is 5.27. The van der Waals surface area contributed by atoms with Gasteiger partial charge in [-0.15, -0.1) is 0 Å². The number of aliphatic hydroxyl groups excluding tert-OH is 1. The zero-order chi connectivity index (χ0) is 11.2. The highest BCUT2D eigenvalue weighted by Crippen LogP contribution is 2.28. The smallest absolute Gasteiger partial charge is 0.0605 e. The minimum Gasteiger partial charge on any atom is -0.396 e.